The maximum absolute atomic E-state index is 10.1. The molecule has 0 amide bonds. The molecule has 27 heavy (non-hydrogen) atoms. The van der Waals surface area contributed by atoms with Gasteiger partial charge in [0.25, 0.3) is 0 Å². The minimum absolute atomic E-state index is 0.468. The number of aryl methyl sites for hydroxylation is 1. The van der Waals surface area contributed by atoms with Crippen LogP contribution in [0.3, 0.4) is 0 Å². The van der Waals surface area contributed by atoms with Gasteiger partial charge in [-0.2, -0.15) is 0 Å². The molecule has 1 saturated heterocycles. The molecule has 6 nitrogen and oxygen atoms in total. The summed E-state index contributed by atoms with van der Waals surface area (Å²) in [6.07, 6.45) is -6.11. The van der Waals surface area contributed by atoms with Gasteiger partial charge in [-0.05, 0) is 37.3 Å². The summed E-state index contributed by atoms with van der Waals surface area (Å²) in [4.78, 5) is 3.37. The number of aliphatic hydroxyl groups excluding tert-OH is 4. The van der Waals surface area contributed by atoms with E-state index in [-0.39, 0.29) is 0 Å². The van der Waals surface area contributed by atoms with Gasteiger partial charge in [-0.3, -0.25) is 0 Å². The van der Waals surface area contributed by atoms with Crippen molar-refractivity contribution in [2.24, 2.45) is 0 Å². The molecule has 5 N–H and O–H groups in total. The standard InChI is InChI=1S/C21H21NO5/c1-11-2-5-15-13(8-11)14-9-12(3-6-16(14)22-15)4-7-17-19(24)21(26)20(25)18(10-23)27-17/h2-3,5-6,8-9,17-26H,10H2,1H3/t17-,18-,19-,20-,21-/m1/s1. The molecule has 2 heterocycles. The van der Waals surface area contributed by atoms with Gasteiger partial charge in [0.05, 0.1) is 6.61 Å². The Bertz CT molecular complexity index is 1050. The van der Waals surface area contributed by atoms with Crippen LogP contribution in [0.25, 0.3) is 21.8 Å². The number of nitrogens with one attached hydrogen (secondary N) is 1. The zero-order chi connectivity index (χ0) is 19.1. The molecule has 0 spiro atoms. The molecule has 140 valence electrons. The highest BCUT2D eigenvalue weighted by molar-refractivity contribution is 6.07. The molecule has 1 aliphatic heterocycles. The Balaban J connectivity index is 1.68. The van der Waals surface area contributed by atoms with Crippen LogP contribution in [-0.2, 0) is 4.74 Å². The van der Waals surface area contributed by atoms with Gasteiger partial charge in [-0.1, -0.05) is 23.5 Å². The number of benzene rings is 2. The van der Waals surface area contributed by atoms with Crippen molar-refractivity contribution in [1.82, 2.24) is 4.98 Å². The second kappa shape index (κ2) is 6.97. The van der Waals surface area contributed by atoms with Gasteiger partial charge in [0.2, 0.25) is 0 Å². The molecule has 3 aromatic rings. The fourth-order valence-electron chi connectivity index (χ4n) is 3.46. The van der Waals surface area contributed by atoms with Crippen LogP contribution in [0.1, 0.15) is 11.1 Å². The lowest BCUT2D eigenvalue weighted by Gasteiger charge is -2.37. The monoisotopic (exact) mass is 367 g/mol. The van der Waals surface area contributed by atoms with E-state index in [1.165, 1.54) is 5.56 Å². The normalized spacial score (nSPS) is 28.3. The summed E-state index contributed by atoms with van der Waals surface area (Å²) >= 11 is 0. The van der Waals surface area contributed by atoms with E-state index in [1.807, 2.05) is 31.2 Å². The highest BCUT2D eigenvalue weighted by Crippen LogP contribution is 2.27. The van der Waals surface area contributed by atoms with Crippen LogP contribution >= 0.6 is 0 Å². The smallest absolute Gasteiger partial charge is 0.147 e. The first-order valence-corrected chi connectivity index (χ1v) is 8.82. The van der Waals surface area contributed by atoms with Gasteiger partial charge in [0, 0.05) is 27.4 Å². The minimum Gasteiger partial charge on any atom is -0.394 e. The van der Waals surface area contributed by atoms with Gasteiger partial charge >= 0.3 is 0 Å². The summed E-state index contributed by atoms with van der Waals surface area (Å²) in [6.45, 7) is 1.57. The Labute approximate surface area is 156 Å². The molecule has 0 unspecified atom stereocenters. The molecule has 5 atom stereocenters. The number of H-pyrrole nitrogens is 1. The first-order valence-electron chi connectivity index (χ1n) is 8.82. The second-order valence-electron chi connectivity index (χ2n) is 6.95. The molecule has 0 bridgehead atoms. The Morgan fingerprint density at radius 3 is 2.41 bits per heavy atom. The van der Waals surface area contributed by atoms with Crippen LogP contribution in [0.4, 0.5) is 0 Å². The quantitative estimate of drug-likeness (QED) is 0.410. The molecule has 0 aliphatic carbocycles. The zero-order valence-corrected chi connectivity index (χ0v) is 14.8. The number of hydrogen-bond acceptors (Lipinski definition) is 5. The number of ether oxygens (including phenoxy) is 1. The summed E-state index contributed by atoms with van der Waals surface area (Å²) in [7, 11) is 0. The third kappa shape index (κ3) is 3.21. The molecular weight excluding hydrogens is 346 g/mol. The van der Waals surface area contributed by atoms with Crippen molar-refractivity contribution in [3.05, 3.63) is 47.5 Å². The fourth-order valence-corrected chi connectivity index (χ4v) is 3.46. The Hall–Kier alpha value is -2.40. The fraction of sp³-hybridized carbons (Fsp3) is 0.333. The Morgan fingerprint density at radius 2 is 1.67 bits per heavy atom. The molecule has 0 radical (unpaired) electrons. The topological polar surface area (TPSA) is 106 Å². The van der Waals surface area contributed by atoms with Crippen LogP contribution in [0.5, 0.6) is 0 Å². The van der Waals surface area contributed by atoms with E-state index in [2.05, 4.69) is 29.0 Å². The lowest BCUT2D eigenvalue weighted by Crippen LogP contribution is -2.58. The Morgan fingerprint density at radius 1 is 0.963 bits per heavy atom. The van der Waals surface area contributed by atoms with Crippen LogP contribution in [-0.4, -0.2) is 62.5 Å². The van der Waals surface area contributed by atoms with E-state index in [0.29, 0.717) is 0 Å². The van der Waals surface area contributed by atoms with Crippen molar-refractivity contribution >= 4 is 21.8 Å². The van der Waals surface area contributed by atoms with E-state index in [1.54, 1.807) is 0 Å². The first kappa shape index (κ1) is 18.0. The average molecular weight is 367 g/mol. The van der Waals surface area contributed by atoms with Crippen molar-refractivity contribution in [2.75, 3.05) is 6.61 Å². The number of aromatic nitrogens is 1. The lowest BCUT2D eigenvalue weighted by molar-refractivity contribution is -0.214. The van der Waals surface area contributed by atoms with Gasteiger partial charge in [-0.15, -0.1) is 0 Å². The molecular formula is C21H21NO5. The number of aliphatic hydroxyl groups is 4. The Kier molecular flexibility index (Phi) is 4.64. The first-order chi connectivity index (χ1) is 13.0. The molecule has 1 aliphatic rings. The number of hydrogen-bond donors (Lipinski definition) is 5. The van der Waals surface area contributed by atoms with Crippen molar-refractivity contribution in [2.45, 2.75) is 37.4 Å². The van der Waals surface area contributed by atoms with E-state index in [9.17, 15) is 20.4 Å². The van der Waals surface area contributed by atoms with Crippen LogP contribution < -0.4 is 0 Å². The molecule has 0 saturated carbocycles. The van der Waals surface area contributed by atoms with Crippen LogP contribution in [0.2, 0.25) is 0 Å². The predicted molar refractivity (Wildman–Crippen MR) is 101 cm³/mol. The van der Waals surface area contributed by atoms with Crippen molar-refractivity contribution in [1.29, 1.82) is 0 Å². The summed E-state index contributed by atoms with van der Waals surface area (Å²) in [5.41, 5.74) is 3.96. The van der Waals surface area contributed by atoms with E-state index < -0.39 is 37.1 Å². The van der Waals surface area contributed by atoms with Gasteiger partial charge < -0.3 is 30.1 Å². The molecule has 2 aromatic carbocycles. The summed E-state index contributed by atoms with van der Waals surface area (Å²) in [6, 6.07) is 12.0. The molecule has 4 rings (SSSR count). The van der Waals surface area contributed by atoms with Gasteiger partial charge in [0.15, 0.2) is 0 Å². The number of aromatic amines is 1. The second-order valence-corrected chi connectivity index (χ2v) is 6.95. The van der Waals surface area contributed by atoms with E-state index in [0.717, 1.165) is 27.4 Å². The van der Waals surface area contributed by atoms with Crippen LogP contribution in [0.15, 0.2) is 36.4 Å². The predicted octanol–water partition coefficient (Wildman–Crippen LogP) is 0.823. The SMILES string of the molecule is Cc1ccc2[nH]c3ccc(C#C[C@H]4O[C@H](CO)[C@@H](O)[C@H](O)[C@@H]4O)cc3c2c1. The average Bonchev–Trinajstić information content (AvgIpc) is 3.03. The largest absolute Gasteiger partial charge is 0.394 e. The zero-order valence-electron chi connectivity index (χ0n) is 14.8. The highest BCUT2D eigenvalue weighted by atomic mass is 16.5. The summed E-state index contributed by atoms with van der Waals surface area (Å²) in [5.74, 6) is 5.77. The molecule has 1 fully saturated rings. The maximum atomic E-state index is 10.1. The summed E-state index contributed by atoms with van der Waals surface area (Å²) < 4.78 is 5.42. The lowest BCUT2D eigenvalue weighted by atomic mass is 9.95. The van der Waals surface area contributed by atoms with Crippen LogP contribution in [0, 0.1) is 18.8 Å². The molecule has 6 heteroatoms. The van der Waals surface area contributed by atoms with Gasteiger partial charge in [-0.25, -0.2) is 0 Å². The van der Waals surface area contributed by atoms with Crippen molar-refractivity contribution < 1.29 is 25.2 Å². The molecule has 1 aromatic heterocycles. The highest BCUT2D eigenvalue weighted by Gasteiger charge is 2.42. The third-order valence-electron chi connectivity index (χ3n) is 5.01. The van der Waals surface area contributed by atoms with E-state index >= 15 is 0 Å². The third-order valence-corrected chi connectivity index (χ3v) is 5.01. The van der Waals surface area contributed by atoms with Crippen molar-refractivity contribution in [3.63, 3.8) is 0 Å². The maximum Gasteiger partial charge on any atom is 0.147 e. The number of fused-ring (bicyclic) bond motifs is 3. The number of rotatable bonds is 1. The van der Waals surface area contributed by atoms with E-state index in [4.69, 9.17) is 4.74 Å². The summed E-state index contributed by atoms with van der Waals surface area (Å²) in [5, 5.41) is 41.2. The minimum atomic E-state index is -1.42. The van der Waals surface area contributed by atoms with Gasteiger partial charge in [0.1, 0.15) is 30.5 Å². The van der Waals surface area contributed by atoms with Crippen molar-refractivity contribution in [3.8, 4) is 11.8 Å².